The van der Waals surface area contributed by atoms with E-state index < -0.39 is 0 Å². The van der Waals surface area contributed by atoms with E-state index in [0.717, 1.165) is 28.5 Å². The molecule has 0 spiro atoms. The first-order valence-corrected chi connectivity index (χ1v) is 11.3. The van der Waals surface area contributed by atoms with Gasteiger partial charge in [-0.05, 0) is 66.8 Å². The van der Waals surface area contributed by atoms with Crippen LogP contribution in [0.2, 0.25) is 5.02 Å². The van der Waals surface area contributed by atoms with Gasteiger partial charge in [0.25, 0.3) is 0 Å². The summed E-state index contributed by atoms with van der Waals surface area (Å²) in [6.07, 6.45) is 3.84. The molecule has 1 saturated heterocycles. The van der Waals surface area contributed by atoms with Crippen LogP contribution in [-0.4, -0.2) is 21.5 Å². The van der Waals surface area contributed by atoms with Crippen LogP contribution in [0.15, 0.2) is 85.2 Å². The van der Waals surface area contributed by atoms with Crippen LogP contribution < -0.4 is 19.7 Å². The first-order valence-electron chi connectivity index (χ1n) is 10.5. The van der Waals surface area contributed by atoms with Gasteiger partial charge in [0, 0.05) is 40.6 Å². The fourth-order valence-electron chi connectivity index (χ4n) is 4.46. The molecule has 1 N–H and O–H groups in total. The van der Waals surface area contributed by atoms with Crippen LogP contribution in [0, 0.1) is 0 Å². The molecular weight excluding hydrogens is 456 g/mol. The molecule has 6 nitrogen and oxygen atoms in total. The summed E-state index contributed by atoms with van der Waals surface area (Å²) in [5.41, 5.74) is 3.86. The molecule has 2 aliphatic heterocycles. The van der Waals surface area contributed by atoms with Gasteiger partial charge in [-0.3, -0.25) is 4.98 Å². The maximum Gasteiger partial charge on any atom is 0.231 e. The number of nitrogens with one attached hydrogen (secondary N) is 1. The van der Waals surface area contributed by atoms with E-state index in [1.54, 1.807) is 6.20 Å². The molecule has 2 unspecified atom stereocenters. The Hall–Kier alpha value is -3.55. The average Bonchev–Trinajstić information content (AvgIpc) is 3.57. The predicted molar refractivity (Wildman–Crippen MR) is 131 cm³/mol. The average molecular weight is 475 g/mol. The van der Waals surface area contributed by atoms with Crippen molar-refractivity contribution in [2.24, 2.45) is 0 Å². The number of pyridine rings is 1. The Morgan fingerprint density at radius 3 is 2.70 bits per heavy atom. The summed E-state index contributed by atoms with van der Waals surface area (Å²) in [6.45, 7) is 0.221. The minimum Gasteiger partial charge on any atom is -0.454 e. The second kappa shape index (κ2) is 8.10. The highest BCUT2D eigenvalue weighted by atomic mass is 35.5. The van der Waals surface area contributed by atoms with Crippen molar-refractivity contribution in [3.8, 4) is 17.2 Å². The lowest BCUT2D eigenvalue weighted by molar-refractivity contribution is 0.174. The zero-order valence-electron chi connectivity index (χ0n) is 17.4. The molecule has 164 valence electrons. The molecule has 1 fully saturated rings. The molecule has 6 rings (SSSR count). The fourth-order valence-corrected chi connectivity index (χ4v) is 5.00. The summed E-state index contributed by atoms with van der Waals surface area (Å²) in [6, 6.07) is 23.4. The van der Waals surface area contributed by atoms with E-state index in [2.05, 4.69) is 25.8 Å². The summed E-state index contributed by atoms with van der Waals surface area (Å²) in [7, 11) is 0. The van der Waals surface area contributed by atoms with Gasteiger partial charge in [-0.25, -0.2) is 0 Å². The smallest absolute Gasteiger partial charge is 0.231 e. The third-order valence-electron chi connectivity index (χ3n) is 5.90. The Bertz CT molecular complexity index is 1340. The maximum atomic E-state index is 6.31. The number of fused-ring (bicyclic) bond motifs is 1. The molecule has 0 radical (unpaired) electrons. The minimum absolute atomic E-state index is 0.156. The second-order valence-corrected chi connectivity index (χ2v) is 8.64. The molecule has 2 atom stereocenters. The summed E-state index contributed by atoms with van der Waals surface area (Å²) >= 11 is 12.2. The Kier molecular flexibility index (Phi) is 4.93. The maximum absolute atomic E-state index is 6.31. The molecule has 33 heavy (non-hydrogen) atoms. The second-order valence-electron chi connectivity index (χ2n) is 7.82. The molecule has 0 aliphatic carbocycles. The van der Waals surface area contributed by atoms with Gasteiger partial charge < -0.3 is 24.3 Å². The van der Waals surface area contributed by atoms with Crippen molar-refractivity contribution in [2.45, 2.75) is 12.1 Å². The predicted octanol–water partition coefficient (Wildman–Crippen LogP) is 5.43. The first-order chi connectivity index (χ1) is 16.2. The molecule has 4 aromatic rings. The van der Waals surface area contributed by atoms with E-state index in [1.165, 1.54) is 0 Å². The van der Waals surface area contributed by atoms with Gasteiger partial charge in [-0.15, -0.1) is 0 Å². The van der Waals surface area contributed by atoms with Crippen molar-refractivity contribution in [3.63, 3.8) is 0 Å². The normalized spacial score (nSPS) is 19.1. The van der Waals surface area contributed by atoms with Crippen molar-refractivity contribution < 1.29 is 9.47 Å². The zero-order chi connectivity index (χ0) is 22.4. The topological polar surface area (TPSA) is 51.6 Å². The molecule has 0 saturated carbocycles. The highest BCUT2D eigenvalue weighted by molar-refractivity contribution is 7.80. The van der Waals surface area contributed by atoms with Gasteiger partial charge in [0.15, 0.2) is 16.6 Å². The SMILES string of the molecule is S=C1NC(c2ccccn2)C(c2cccn2-c2cccc(Cl)c2)N1c1ccc2c(c1)OCO2. The number of rotatable bonds is 4. The lowest BCUT2D eigenvalue weighted by Gasteiger charge is -2.29. The Labute approximate surface area is 201 Å². The molecule has 4 heterocycles. The van der Waals surface area contributed by atoms with Crippen molar-refractivity contribution in [3.05, 3.63) is 102 Å². The molecule has 2 aromatic carbocycles. The Morgan fingerprint density at radius 1 is 0.939 bits per heavy atom. The van der Waals surface area contributed by atoms with E-state index in [9.17, 15) is 0 Å². The summed E-state index contributed by atoms with van der Waals surface area (Å²) in [4.78, 5) is 6.75. The standard InChI is InChI=1S/C25H19ClN4O2S/c26-16-5-3-6-17(13-16)29-12-4-8-20(29)24-23(19-7-1-2-11-27-19)28-25(33)30(24)18-9-10-21-22(14-18)32-15-31-21/h1-14,23-24H,15H2,(H,28,33). The molecule has 2 aromatic heterocycles. The number of aromatic nitrogens is 2. The number of ether oxygens (including phenoxy) is 2. The van der Waals surface area contributed by atoms with Gasteiger partial charge in [0.1, 0.15) is 6.04 Å². The van der Waals surface area contributed by atoms with Crippen molar-refractivity contribution in [2.75, 3.05) is 11.7 Å². The van der Waals surface area contributed by atoms with Crippen LogP contribution in [-0.2, 0) is 0 Å². The van der Waals surface area contributed by atoms with E-state index in [1.807, 2.05) is 72.9 Å². The highest BCUT2D eigenvalue weighted by Crippen LogP contribution is 2.44. The van der Waals surface area contributed by atoms with E-state index in [0.29, 0.717) is 15.9 Å². The number of anilines is 1. The number of halogens is 1. The van der Waals surface area contributed by atoms with Crippen LogP contribution in [0.3, 0.4) is 0 Å². The lowest BCUT2D eigenvalue weighted by atomic mass is 10.0. The lowest BCUT2D eigenvalue weighted by Crippen LogP contribution is -2.30. The third kappa shape index (κ3) is 3.50. The van der Waals surface area contributed by atoms with Gasteiger partial charge in [0.05, 0.1) is 11.7 Å². The van der Waals surface area contributed by atoms with Crippen LogP contribution in [0.1, 0.15) is 23.5 Å². The highest BCUT2D eigenvalue weighted by Gasteiger charge is 2.42. The molecular formula is C25H19ClN4O2S. The Balaban J connectivity index is 1.51. The number of thiocarbonyl (C=S) groups is 1. The van der Waals surface area contributed by atoms with E-state index in [4.69, 9.17) is 33.3 Å². The number of nitrogens with zero attached hydrogens (tertiary/aromatic N) is 3. The van der Waals surface area contributed by atoms with Gasteiger partial charge in [-0.2, -0.15) is 0 Å². The summed E-state index contributed by atoms with van der Waals surface area (Å²) in [5, 5.41) is 4.80. The third-order valence-corrected chi connectivity index (χ3v) is 6.45. The Morgan fingerprint density at radius 2 is 1.85 bits per heavy atom. The number of benzene rings is 2. The van der Waals surface area contributed by atoms with Gasteiger partial charge in [0.2, 0.25) is 6.79 Å². The van der Waals surface area contributed by atoms with E-state index in [-0.39, 0.29) is 18.9 Å². The van der Waals surface area contributed by atoms with Crippen molar-refractivity contribution >= 4 is 34.6 Å². The minimum atomic E-state index is -0.165. The quantitative estimate of drug-likeness (QED) is 0.398. The van der Waals surface area contributed by atoms with Crippen LogP contribution in [0.4, 0.5) is 5.69 Å². The molecule has 2 aliphatic rings. The molecule has 0 amide bonds. The van der Waals surface area contributed by atoms with Crippen LogP contribution >= 0.6 is 23.8 Å². The molecule has 8 heteroatoms. The van der Waals surface area contributed by atoms with Crippen LogP contribution in [0.5, 0.6) is 11.5 Å². The van der Waals surface area contributed by atoms with Crippen molar-refractivity contribution in [1.29, 1.82) is 0 Å². The van der Waals surface area contributed by atoms with Crippen LogP contribution in [0.25, 0.3) is 5.69 Å². The summed E-state index contributed by atoms with van der Waals surface area (Å²) in [5.74, 6) is 1.44. The number of hydrogen-bond donors (Lipinski definition) is 1. The first kappa shape index (κ1) is 20.1. The zero-order valence-corrected chi connectivity index (χ0v) is 19.0. The summed E-state index contributed by atoms with van der Waals surface area (Å²) < 4.78 is 13.3. The monoisotopic (exact) mass is 474 g/mol. The van der Waals surface area contributed by atoms with Gasteiger partial charge in [-0.1, -0.05) is 23.7 Å². The van der Waals surface area contributed by atoms with Crippen molar-refractivity contribution in [1.82, 2.24) is 14.9 Å². The fraction of sp³-hybridized carbons (Fsp3) is 0.120. The van der Waals surface area contributed by atoms with Gasteiger partial charge >= 0.3 is 0 Å². The number of hydrogen-bond acceptors (Lipinski definition) is 4. The molecule has 0 bridgehead atoms. The largest absolute Gasteiger partial charge is 0.454 e. The van der Waals surface area contributed by atoms with E-state index >= 15 is 0 Å².